The van der Waals surface area contributed by atoms with Crippen LogP contribution in [0, 0.1) is 0 Å². The largest absolute Gasteiger partial charge is 0.463 e. The van der Waals surface area contributed by atoms with Gasteiger partial charge in [-0.05, 0) is 29.8 Å². The van der Waals surface area contributed by atoms with E-state index in [9.17, 15) is 4.79 Å². The SMILES string of the molecule is CCCCCCC1[C@@H]2ON=C(c3ccccc3)O[C@@H]2C=CN1C(C)=O. The predicted molar refractivity (Wildman–Crippen MR) is 96.9 cm³/mol. The molecule has 0 radical (unpaired) electrons. The van der Waals surface area contributed by atoms with Gasteiger partial charge < -0.3 is 14.5 Å². The van der Waals surface area contributed by atoms with Crippen molar-refractivity contribution in [2.24, 2.45) is 5.16 Å². The molecule has 0 saturated heterocycles. The van der Waals surface area contributed by atoms with E-state index in [0.29, 0.717) is 5.90 Å². The van der Waals surface area contributed by atoms with Gasteiger partial charge in [0.25, 0.3) is 5.90 Å². The molecular formula is C20H26N2O3. The van der Waals surface area contributed by atoms with Crippen LogP contribution in [0.25, 0.3) is 0 Å². The van der Waals surface area contributed by atoms with Gasteiger partial charge >= 0.3 is 0 Å². The quantitative estimate of drug-likeness (QED) is 0.738. The van der Waals surface area contributed by atoms with Crippen LogP contribution in [0.5, 0.6) is 0 Å². The molecule has 1 unspecified atom stereocenters. The first kappa shape index (κ1) is 17.5. The molecule has 0 fully saturated rings. The van der Waals surface area contributed by atoms with Crippen molar-refractivity contribution < 1.29 is 14.4 Å². The lowest BCUT2D eigenvalue weighted by Gasteiger charge is -2.41. The number of rotatable bonds is 6. The van der Waals surface area contributed by atoms with E-state index in [1.807, 2.05) is 42.6 Å². The highest BCUT2D eigenvalue weighted by Crippen LogP contribution is 2.29. The van der Waals surface area contributed by atoms with E-state index < -0.39 is 0 Å². The number of benzene rings is 1. The minimum absolute atomic E-state index is 0.0247. The Kier molecular flexibility index (Phi) is 5.74. The summed E-state index contributed by atoms with van der Waals surface area (Å²) in [5, 5.41) is 4.20. The second-order valence-electron chi connectivity index (χ2n) is 6.60. The standard InChI is InChI=1S/C20H26N2O3/c1-3-4-5-9-12-17-19-18(13-14-22(17)15(2)23)24-20(21-25-19)16-10-7-6-8-11-16/h6-8,10-11,13-14,17-19H,3-5,9,12H2,1-2H3/t17?,18-,19+/m1/s1. The fourth-order valence-corrected chi connectivity index (χ4v) is 3.39. The molecule has 2 heterocycles. The van der Waals surface area contributed by atoms with E-state index in [2.05, 4.69) is 12.1 Å². The van der Waals surface area contributed by atoms with Crippen molar-refractivity contribution in [2.45, 2.75) is 64.2 Å². The van der Waals surface area contributed by atoms with Crippen molar-refractivity contribution in [2.75, 3.05) is 0 Å². The van der Waals surface area contributed by atoms with Crippen LogP contribution in [0.3, 0.4) is 0 Å². The minimum atomic E-state index is -0.261. The number of ether oxygens (including phenoxy) is 1. The van der Waals surface area contributed by atoms with E-state index in [-0.39, 0.29) is 24.2 Å². The van der Waals surface area contributed by atoms with Crippen molar-refractivity contribution in [1.82, 2.24) is 4.90 Å². The molecule has 0 N–H and O–H groups in total. The Morgan fingerprint density at radius 1 is 1.20 bits per heavy atom. The third-order valence-electron chi connectivity index (χ3n) is 4.74. The highest BCUT2D eigenvalue weighted by molar-refractivity contribution is 5.94. The second kappa shape index (κ2) is 8.19. The van der Waals surface area contributed by atoms with Crippen LogP contribution in [0.15, 0.2) is 47.8 Å². The van der Waals surface area contributed by atoms with Gasteiger partial charge in [0.05, 0.1) is 6.04 Å². The second-order valence-corrected chi connectivity index (χ2v) is 6.60. The van der Waals surface area contributed by atoms with Gasteiger partial charge in [0.1, 0.15) is 0 Å². The highest BCUT2D eigenvalue weighted by atomic mass is 16.7. The molecule has 3 rings (SSSR count). The molecule has 3 atom stereocenters. The van der Waals surface area contributed by atoms with E-state index in [1.165, 1.54) is 19.3 Å². The summed E-state index contributed by atoms with van der Waals surface area (Å²) in [7, 11) is 0. The van der Waals surface area contributed by atoms with Gasteiger partial charge in [-0.25, -0.2) is 0 Å². The van der Waals surface area contributed by atoms with Crippen molar-refractivity contribution in [3.05, 3.63) is 48.2 Å². The van der Waals surface area contributed by atoms with E-state index in [1.54, 1.807) is 11.8 Å². The maximum absolute atomic E-state index is 12.0. The molecule has 0 saturated carbocycles. The zero-order valence-electron chi connectivity index (χ0n) is 14.9. The Balaban J connectivity index is 1.74. The summed E-state index contributed by atoms with van der Waals surface area (Å²) in [6.45, 7) is 3.78. The third kappa shape index (κ3) is 4.03. The summed E-state index contributed by atoms with van der Waals surface area (Å²) >= 11 is 0. The summed E-state index contributed by atoms with van der Waals surface area (Å²) in [6, 6.07) is 9.69. The molecule has 0 aliphatic carbocycles. The lowest BCUT2D eigenvalue weighted by molar-refractivity contribution is -0.138. The Morgan fingerprint density at radius 3 is 2.72 bits per heavy atom. The number of hydrogen-bond acceptors (Lipinski definition) is 4. The summed E-state index contributed by atoms with van der Waals surface area (Å²) < 4.78 is 6.06. The molecule has 5 nitrogen and oxygen atoms in total. The first-order valence-corrected chi connectivity index (χ1v) is 9.14. The monoisotopic (exact) mass is 342 g/mol. The smallest absolute Gasteiger partial charge is 0.258 e. The van der Waals surface area contributed by atoms with Crippen molar-refractivity contribution in [3.63, 3.8) is 0 Å². The lowest BCUT2D eigenvalue weighted by Crippen LogP contribution is -2.54. The number of nitrogens with zero attached hydrogens (tertiary/aromatic N) is 2. The van der Waals surface area contributed by atoms with Crippen LogP contribution in [-0.4, -0.2) is 35.0 Å². The normalized spacial score (nSPS) is 24.8. The minimum Gasteiger partial charge on any atom is -0.463 e. The van der Waals surface area contributed by atoms with Gasteiger partial charge in [0, 0.05) is 18.7 Å². The molecule has 0 aromatic heterocycles. The first-order valence-electron chi connectivity index (χ1n) is 9.14. The average molecular weight is 342 g/mol. The average Bonchev–Trinajstić information content (AvgIpc) is 2.65. The number of unbranched alkanes of at least 4 members (excludes halogenated alkanes) is 3. The highest BCUT2D eigenvalue weighted by Gasteiger charge is 2.42. The Labute approximate surface area is 149 Å². The molecule has 0 bridgehead atoms. The van der Waals surface area contributed by atoms with Crippen molar-refractivity contribution in [1.29, 1.82) is 0 Å². The molecule has 0 spiro atoms. The van der Waals surface area contributed by atoms with E-state index >= 15 is 0 Å². The fourth-order valence-electron chi connectivity index (χ4n) is 3.39. The van der Waals surface area contributed by atoms with E-state index in [4.69, 9.17) is 9.57 Å². The number of carbonyl (C=O) groups is 1. The predicted octanol–water partition coefficient (Wildman–Crippen LogP) is 3.85. The fraction of sp³-hybridized carbons (Fsp3) is 0.500. The van der Waals surface area contributed by atoms with Crippen LogP contribution in [-0.2, 0) is 14.4 Å². The first-order chi connectivity index (χ1) is 12.2. The van der Waals surface area contributed by atoms with Gasteiger partial charge in [-0.2, -0.15) is 0 Å². The molecule has 25 heavy (non-hydrogen) atoms. The van der Waals surface area contributed by atoms with Crippen LogP contribution in [0.4, 0.5) is 0 Å². The zero-order valence-corrected chi connectivity index (χ0v) is 14.9. The molecule has 2 aliphatic rings. The van der Waals surface area contributed by atoms with E-state index in [0.717, 1.165) is 18.4 Å². The number of oxime groups is 1. The van der Waals surface area contributed by atoms with Gasteiger partial charge in [0.15, 0.2) is 12.2 Å². The lowest BCUT2D eigenvalue weighted by atomic mass is 9.94. The van der Waals surface area contributed by atoms with Gasteiger partial charge in [-0.3, -0.25) is 4.79 Å². The maximum atomic E-state index is 12.0. The van der Waals surface area contributed by atoms with Gasteiger partial charge in [-0.1, -0.05) is 50.8 Å². The third-order valence-corrected chi connectivity index (χ3v) is 4.74. The number of hydrogen-bond donors (Lipinski definition) is 0. The number of amides is 1. The summed E-state index contributed by atoms with van der Waals surface area (Å²) in [4.78, 5) is 19.6. The van der Waals surface area contributed by atoms with Gasteiger partial charge in [0.2, 0.25) is 5.91 Å². The van der Waals surface area contributed by atoms with Crippen LogP contribution in [0.1, 0.15) is 51.5 Å². The van der Waals surface area contributed by atoms with Crippen LogP contribution in [0.2, 0.25) is 0 Å². The number of fused-ring (bicyclic) bond motifs is 1. The molecule has 134 valence electrons. The summed E-state index contributed by atoms with van der Waals surface area (Å²) in [6.07, 6.45) is 8.78. The Bertz CT molecular complexity index is 642. The van der Waals surface area contributed by atoms with Crippen molar-refractivity contribution >= 4 is 11.8 Å². The molecular weight excluding hydrogens is 316 g/mol. The number of carbonyl (C=O) groups excluding carboxylic acids is 1. The Morgan fingerprint density at radius 2 is 2.00 bits per heavy atom. The Hall–Kier alpha value is -2.30. The summed E-state index contributed by atoms with van der Waals surface area (Å²) in [5.41, 5.74) is 0.892. The zero-order chi connectivity index (χ0) is 17.6. The van der Waals surface area contributed by atoms with Crippen LogP contribution < -0.4 is 0 Å². The van der Waals surface area contributed by atoms with Crippen molar-refractivity contribution in [3.8, 4) is 0 Å². The van der Waals surface area contributed by atoms with Crippen LogP contribution >= 0.6 is 0 Å². The topological polar surface area (TPSA) is 51.1 Å². The maximum Gasteiger partial charge on any atom is 0.258 e. The molecule has 2 aliphatic heterocycles. The molecule has 1 aromatic rings. The molecule has 1 aromatic carbocycles. The summed E-state index contributed by atoms with van der Waals surface area (Å²) in [5.74, 6) is 0.518. The molecule has 5 heteroatoms. The van der Waals surface area contributed by atoms with Gasteiger partial charge in [-0.15, -0.1) is 0 Å². The molecule has 1 amide bonds.